The number of hydrogen-bond donors (Lipinski definition) is 0. The summed E-state index contributed by atoms with van der Waals surface area (Å²) in [5.74, 6) is 0. The second-order valence-electron chi connectivity index (χ2n) is 2.82. The maximum absolute atomic E-state index is 5.42. The predicted molar refractivity (Wildman–Crippen MR) is 52.2 cm³/mol. The zero-order chi connectivity index (χ0) is 9.40. The van der Waals surface area contributed by atoms with Gasteiger partial charge in [0.1, 0.15) is 0 Å². The largest absolute Gasteiger partial charge is 0.409 e. The van der Waals surface area contributed by atoms with E-state index in [-0.39, 0.29) is 0 Å². The molecule has 0 aromatic heterocycles. The van der Waals surface area contributed by atoms with Crippen molar-refractivity contribution in [3.05, 3.63) is 11.8 Å². The van der Waals surface area contributed by atoms with E-state index in [1.54, 1.807) is 0 Å². The minimum Gasteiger partial charge on any atom is -0.409 e. The lowest BCUT2D eigenvalue weighted by Crippen LogP contribution is -2.13. The first-order valence-corrected chi connectivity index (χ1v) is 5.22. The molecule has 0 aromatic rings. The summed E-state index contributed by atoms with van der Waals surface area (Å²) in [7, 11) is 0.418. The molecule has 12 heavy (non-hydrogen) atoms. The molecular formula is C9H18O2Si. The van der Waals surface area contributed by atoms with Crippen molar-refractivity contribution in [2.75, 3.05) is 13.2 Å². The molecule has 0 rings (SSSR count). The Morgan fingerprint density at radius 2 is 2.17 bits per heavy atom. The van der Waals surface area contributed by atoms with Crippen LogP contribution in [0.5, 0.6) is 0 Å². The van der Waals surface area contributed by atoms with Gasteiger partial charge in [-0.05, 0) is 20.3 Å². The summed E-state index contributed by atoms with van der Waals surface area (Å²) in [6, 6.07) is 0. The van der Waals surface area contributed by atoms with Gasteiger partial charge in [-0.3, -0.25) is 0 Å². The lowest BCUT2D eigenvalue weighted by atomic mass is 10.3. The number of allylic oxidation sites excluding steroid dienone is 1. The van der Waals surface area contributed by atoms with Crippen molar-refractivity contribution < 1.29 is 9.16 Å². The maximum Gasteiger partial charge on any atom is 0.263 e. The van der Waals surface area contributed by atoms with E-state index >= 15 is 0 Å². The Hall–Kier alpha value is -0.123. The second kappa shape index (κ2) is 7.52. The molecule has 0 aromatic carbocycles. The Bertz CT molecular complexity index is 126. The van der Waals surface area contributed by atoms with E-state index in [0.717, 1.165) is 11.6 Å². The summed E-state index contributed by atoms with van der Waals surface area (Å²) in [4.78, 5) is 0. The van der Waals surface area contributed by atoms with Crippen molar-refractivity contribution in [1.82, 2.24) is 0 Å². The predicted octanol–water partition coefficient (Wildman–Crippen LogP) is 1.97. The van der Waals surface area contributed by atoms with Gasteiger partial charge in [-0.2, -0.15) is 0 Å². The molecule has 0 aliphatic heterocycles. The van der Waals surface area contributed by atoms with Crippen LogP contribution in [0, 0.1) is 0 Å². The SMILES string of the molecule is C=C(C)[Si]OCCOC(C)CC. The van der Waals surface area contributed by atoms with Gasteiger partial charge < -0.3 is 9.16 Å². The van der Waals surface area contributed by atoms with Crippen LogP contribution in [0.4, 0.5) is 0 Å². The fourth-order valence-electron chi connectivity index (χ4n) is 0.583. The standard InChI is InChI=1S/C9H18O2Si/c1-5-9(4)10-6-7-11-12-8(2)3/h9H,2,5-7H2,1,3-4H3. The Morgan fingerprint density at radius 3 is 2.67 bits per heavy atom. The Kier molecular flexibility index (Phi) is 7.44. The third-order valence-electron chi connectivity index (χ3n) is 1.41. The molecule has 0 bridgehead atoms. The number of hydrogen-bond acceptors (Lipinski definition) is 2. The van der Waals surface area contributed by atoms with Gasteiger partial charge in [0.25, 0.3) is 9.76 Å². The summed E-state index contributed by atoms with van der Waals surface area (Å²) in [6.07, 6.45) is 1.41. The van der Waals surface area contributed by atoms with E-state index < -0.39 is 0 Å². The summed E-state index contributed by atoms with van der Waals surface area (Å²) in [5, 5.41) is 1.08. The van der Waals surface area contributed by atoms with Crippen LogP contribution in [0.2, 0.25) is 0 Å². The summed E-state index contributed by atoms with van der Waals surface area (Å²) < 4.78 is 10.7. The van der Waals surface area contributed by atoms with Gasteiger partial charge in [0.15, 0.2) is 0 Å². The molecule has 0 saturated heterocycles. The molecular weight excluding hydrogens is 168 g/mol. The molecule has 0 aliphatic carbocycles. The third kappa shape index (κ3) is 7.98. The average molecular weight is 186 g/mol. The van der Waals surface area contributed by atoms with E-state index in [1.807, 2.05) is 6.92 Å². The summed E-state index contributed by atoms with van der Waals surface area (Å²) in [5.41, 5.74) is 0. The van der Waals surface area contributed by atoms with Gasteiger partial charge in [0, 0.05) is 0 Å². The molecule has 0 fully saturated rings. The highest BCUT2D eigenvalue weighted by molar-refractivity contribution is 6.37. The Labute approximate surface area is 77.9 Å². The number of ether oxygens (including phenoxy) is 1. The third-order valence-corrected chi connectivity index (χ3v) is 2.11. The zero-order valence-electron chi connectivity index (χ0n) is 8.22. The van der Waals surface area contributed by atoms with Gasteiger partial charge in [-0.1, -0.05) is 12.1 Å². The van der Waals surface area contributed by atoms with Crippen LogP contribution < -0.4 is 0 Å². The van der Waals surface area contributed by atoms with E-state index in [4.69, 9.17) is 9.16 Å². The molecule has 1 unspecified atom stereocenters. The van der Waals surface area contributed by atoms with Gasteiger partial charge in [-0.25, -0.2) is 0 Å². The van der Waals surface area contributed by atoms with Gasteiger partial charge in [0.2, 0.25) is 0 Å². The average Bonchev–Trinajstić information content (AvgIpc) is 2.03. The lowest BCUT2D eigenvalue weighted by molar-refractivity contribution is 0.0436. The van der Waals surface area contributed by atoms with Crippen molar-refractivity contribution >= 4 is 9.76 Å². The van der Waals surface area contributed by atoms with Crippen LogP contribution in [0.15, 0.2) is 11.8 Å². The quantitative estimate of drug-likeness (QED) is 0.447. The van der Waals surface area contributed by atoms with Crippen LogP contribution >= 0.6 is 0 Å². The Morgan fingerprint density at radius 1 is 1.50 bits per heavy atom. The molecule has 0 amide bonds. The van der Waals surface area contributed by atoms with Crippen LogP contribution in [0.3, 0.4) is 0 Å². The smallest absolute Gasteiger partial charge is 0.263 e. The van der Waals surface area contributed by atoms with E-state index in [1.165, 1.54) is 0 Å². The van der Waals surface area contributed by atoms with E-state index in [0.29, 0.717) is 29.1 Å². The molecule has 2 radical (unpaired) electrons. The van der Waals surface area contributed by atoms with Crippen molar-refractivity contribution in [1.29, 1.82) is 0 Å². The molecule has 0 N–H and O–H groups in total. The fourth-order valence-corrected chi connectivity index (χ4v) is 1.01. The Balaban J connectivity index is 3.05. The topological polar surface area (TPSA) is 18.5 Å². The first-order chi connectivity index (χ1) is 5.66. The molecule has 70 valence electrons. The fraction of sp³-hybridized carbons (Fsp3) is 0.778. The van der Waals surface area contributed by atoms with E-state index in [2.05, 4.69) is 20.4 Å². The van der Waals surface area contributed by atoms with Crippen molar-refractivity contribution in [3.63, 3.8) is 0 Å². The molecule has 0 aliphatic rings. The number of rotatable bonds is 7. The van der Waals surface area contributed by atoms with Crippen LogP contribution in [0.25, 0.3) is 0 Å². The van der Waals surface area contributed by atoms with Crippen molar-refractivity contribution in [2.45, 2.75) is 33.3 Å². The molecule has 2 nitrogen and oxygen atoms in total. The second-order valence-corrected chi connectivity index (χ2v) is 4.17. The zero-order valence-corrected chi connectivity index (χ0v) is 9.22. The summed E-state index contributed by atoms with van der Waals surface area (Å²) in [6.45, 7) is 11.3. The molecule has 0 spiro atoms. The monoisotopic (exact) mass is 186 g/mol. The molecule has 0 heterocycles. The van der Waals surface area contributed by atoms with E-state index in [9.17, 15) is 0 Å². The minimum atomic E-state index is 0.349. The van der Waals surface area contributed by atoms with Gasteiger partial charge in [0.05, 0.1) is 19.3 Å². The summed E-state index contributed by atoms with van der Waals surface area (Å²) >= 11 is 0. The maximum atomic E-state index is 5.42. The lowest BCUT2D eigenvalue weighted by Gasteiger charge is -2.10. The molecule has 3 heteroatoms. The molecule has 0 saturated carbocycles. The first-order valence-electron chi connectivity index (χ1n) is 4.31. The van der Waals surface area contributed by atoms with Gasteiger partial charge in [-0.15, -0.1) is 6.58 Å². The first kappa shape index (κ1) is 11.9. The highest BCUT2D eigenvalue weighted by atomic mass is 28.2. The highest BCUT2D eigenvalue weighted by Crippen LogP contribution is 1.95. The normalized spacial score (nSPS) is 12.9. The van der Waals surface area contributed by atoms with Crippen molar-refractivity contribution in [2.24, 2.45) is 0 Å². The van der Waals surface area contributed by atoms with Crippen LogP contribution in [-0.2, 0) is 9.16 Å². The van der Waals surface area contributed by atoms with Crippen LogP contribution in [0.1, 0.15) is 27.2 Å². The highest BCUT2D eigenvalue weighted by Gasteiger charge is 1.97. The van der Waals surface area contributed by atoms with Gasteiger partial charge >= 0.3 is 0 Å². The van der Waals surface area contributed by atoms with Crippen molar-refractivity contribution in [3.8, 4) is 0 Å². The molecule has 1 atom stereocenters. The van der Waals surface area contributed by atoms with Crippen LogP contribution in [-0.4, -0.2) is 29.1 Å². The minimum absolute atomic E-state index is 0.349.